The standard InChI is InChI=1S/C23H26FN3O6S/c24-18-2-4-19(5-3-18)34(30,31)27-11-8-17(9-12-27)23(29)25-10-7-22(28)26-14-16-1-6-20-21(13-16)33-15-32-20/h1-6,13,17H,7-12,14-15H2,(H,25,29)(H,26,28). The Kier molecular flexibility index (Phi) is 7.32. The lowest BCUT2D eigenvalue weighted by Crippen LogP contribution is -2.43. The van der Waals surface area contributed by atoms with Crippen molar-refractivity contribution in [2.75, 3.05) is 26.4 Å². The van der Waals surface area contributed by atoms with Crippen LogP contribution in [0.15, 0.2) is 47.4 Å². The van der Waals surface area contributed by atoms with E-state index < -0.39 is 15.8 Å². The predicted molar refractivity (Wildman–Crippen MR) is 120 cm³/mol. The zero-order valence-corrected chi connectivity index (χ0v) is 19.3. The fourth-order valence-electron chi connectivity index (χ4n) is 3.90. The van der Waals surface area contributed by atoms with Crippen molar-refractivity contribution in [2.45, 2.75) is 30.7 Å². The molecule has 2 aliphatic rings. The zero-order valence-electron chi connectivity index (χ0n) is 18.5. The van der Waals surface area contributed by atoms with Crippen LogP contribution < -0.4 is 20.1 Å². The van der Waals surface area contributed by atoms with E-state index in [9.17, 15) is 22.4 Å². The van der Waals surface area contributed by atoms with Gasteiger partial charge in [0.05, 0.1) is 4.90 Å². The first kappa shape index (κ1) is 24.0. The van der Waals surface area contributed by atoms with E-state index in [2.05, 4.69) is 10.6 Å². The number of carbonyl (C=O) groups is 2. The molecular formula is C23H26FN3O6S. The average molecular weight is 492 g/mol. The van der Waals surface area contributed by atoms with Crippen molar-refractivity contribution in [3.8, 4) is 11.5 Å². The molecule has 2 N–H and O–H groups in total. The van der Waals surface area contributed by atoms with Crippen molar-refractivity contribution < 1.29 is 31.9 Å². The molecule has 11 heteroatoms. The van der Waals surface area contributed by atoms with Gasteiger partial charge in [-0.25, -0.2) is 12.8 Å². The zero-order chi connectivity index (χ0) is 24.1. The van der Waals surface area contributed by atoms with Crippen molar-refractivity contribution in [3.05, 3.63) is 53.8 Å². The summed E-state index contributed by atoms with van der Waals surface area (Å²) in [5, 5.41) is 5.56. The van der Waals surface area contributed by atoms with E-state index in [1.165, 1.54) is 16.4 Å². The summed E-state index contributed by atoms with van der Waals surface area (Å²) in [4.78, 5) is 24.6. The summed E-state index contributed by atoms with van der Waals surface area (Å²) in [6.45, 7) is 1.12. The Bertz CT molecular complexity index is 1150. The second-order valence-electron chi connectivity index (χ2n) is 8.14. The lowest BCUT2D eigenvalue weighted by Gasteiger charge is -2.30. The summed E-state index contributed by atoms with van der Waals surface area (Å²) in [5.41, 5.74) is 0.879. The molecule has 2 aromatic rings. The summed E-state index contributed by atoms with van der Waals surface area (Å²) < 4.78 is 50.3. The van der Waals surface area contributed by atoms with Crippen LogP contribution in [0.2, 0.25) is 0 Å². The molecule has 34 heavy (non-hydrogen) atoms. The molecular weight excluding hydrogens is 465 g/mol. The normalized spacial score (nSPS) is 16.3. The smallest absolute Gasteiger partial charge is 0.243 e. The van der Waals surface area contributed by atoms with Crippen LogP contribution in [0.25, 0.3) is 0 Å². The van der Waals surface area contributed by atoms with E-state index in [4.69, 9.17) is 9.47 Å². The number of hydrogen-bond donors (Lipinski definition) is 2. The highest BCUT2D eigenvalue weighted by Gasteiger charge is 2.32. The molecule has 0 aliphatic carbocycles. The van der Waals surface area contributed by atoms with Crippen LogP contribution in [0.4, 0.5) is 4.39 Å². The van der Waals surface area contributed by atoms with Gasteiger partial charge in [-0.1, -0.05) is 6.07 Å². The largest absolute Gasteiger partial charge is 0.454 e. The van der Waals surface area contributed by atoms with Crippen LogP contribution in [0.3, 0.4) is 0 Å². The third-order valence-electron chi connectivity index (χ3n) is 5.85. The van der Waals surface area contributed by atoms with Crippen LogP contribution >= 0.6 is 0 Å². The lowest BCUT2D eigenvalue weighted by molar-refractivity contribution is -0.126. The first-order valence-electron chi connectivity index (χ1n) is 11.0. The molecule has 2 heterocycles. The average Bonchev–Trinajstić information content (AvgIpc) is 3.31. The molecule has 9 nitrogen and oxygen atoms in total. The van der Waals surface area contributed by atoms with Gasteiger partial charge in [-0.15, -0.1) is 0 Å². The Morgan fingerprint density at radius 3 is 2.44 bits per heavy atom. The maximum absolute atomic E-state index is 13.1. The molecule has 1 fully saturated rings. The number of nitrogens with zero attached hydrogens (tertiary/aromatic N) is 1. The van der Waals surface area contributed by atoms with Crippen LogP contribution in [0, 0.1) is 11.7 Å². The number of halogens is 1. The first-order chi connectivity index (χ1) is 16.3. The Morgan fingerprint density at radius 1 is 1.00 bits per heavy atom. The van der Waals surface area contributed by atoms with Crippen molar-refractivity contribution >= 4 is 21.8 Å². The van der Waals surface area contributed by atoms with Gasteiger partial charge in [0.25, 0.3) is 0 Å². The number of sulfonamides is 1. The predicted octanol–water partition coefficient (Wildman–Crippen LogP) is 1.78. The van der Waals surface area contributed by atoms with Gasteiger partial charge in [-0.3, -0.25) is 9.59 Å². The number of benzene rings is 2. The molecule has 0 bridgehead atoms. The quantitative estimate of drug-likeness (QED) is 0.582. The van der Waals surface area contributed by atoms with Gasteiger partial charge < -0.3 is 20.1 Å². The van der Waals surface area contributed by atoms with Crippen molar-refractivity contribution in [1.29, 1.82) is 0 Å². The number of ether oxygens (including phenoxy) is 2. The number of carbonyl (C=O) groups excluding carboxylic acids is 2. The number of fused-ring (bicyclic) bond motifs is 1. The minimum atomic E-state index is -3.72. The third kappa shape index (κ3) is 5.65. The van der Waals surface area contributed by atoms with E-state index in [0.29, 0.717) is 30.9 Å². The fourth-order valence-corrected chi connectivity index (χ4v) is 5.37. The van der Waals surface area contributed by atoms with Gasteiger partial charge in [-0.05, 0) is 54.8 Å². The highest BCUT2D eigenvalue weighted by Crippen LogP contribution is 2.32. The number of piperidine rings is 1. The Morgan fingerprint density at radius 2 is 1.71 bits per heavy atom. The molecule has 182 valence electrons. The van der Waals surface area contributed by atoms with E-state index in [1.807, 2.05) is 12.1 Å². The van der Waals surface area contributed by atoms with E-state index >= 15 is 0 Å². The number of nitrogens with one attached hydrogen (secondary N) is 2. The molecule has 2 amide bonds. The van der Waals surface area contributed by atoms with Crippen LogP contribution in [0.1, 0.15) is 24.8 Å². The molecule has 0 aromatic heterocycles. The van der Waals surface area contributed by atoms with Gasteiger partial charge in [0.1, 0.15) is 5.82 Å². The van der Waals surface area contributed by atoms with Crippen molar-refractivity contribution in [2.24, 2.45) is 5.92 Å². The monoisotopic (exact) mass is 491 g/mol. The molecule has 1 saturated heterocycles. The van der Waals surface area contributed by atoms with Gasteiger partial charge in [0.2, 0.25) is 28.6 Å². The highest BCUT2D eigenvalue weighted by atomic mass is 32.2. The second kappa shape index (κ2) is 10.4. The minimum Gasteiger partial charge on any atom is -0.454 e. The molecule has 2 aliphatic heterocycles. The lowest BCUT2D eigenvalue weighted by atomic mass is 9.97. The summed E-state index contributed by atoms with van der Waals surface area (Å²) in [6, 6.07) is 10.1. The Hall–Kier alpha value is -3.18. The second-order valence-corrected chi connectivity index (χ2v) is 10.1. The van der Waals surface area contributed by atoms with Crippen molar-refractivity contribution in [1.82, 2.24) is 14.9 Å². The van der Waals surface area contributed by atoms with E-state index in [1.54, 1.807) is 6.07 Å². The fraction of sp³-hybridized carbons (Fsp3) is 0.391. The Labute approximate surface area is 197 Å². The van der Waals surface area contributed by atoms with Gasteiger partial charge in [0.15, 0.2) is 11.5 Å². The topological polar surface area (TPSA) is 114 Å². The summed E-state index contributed by atoms with van der Waals surface area (Å²) in [7, 11) is -3.72. The summed E-state index contributed by atoms with van der Waals surface area (Å²) in [5.74, 6) is 0.111. The van der Waals surface area contributed by atoms with Gasteiger partial charge in [0, 0.05) is 38.5 Å². The summed E-state index contributed by atoms with van der Waals surface area (Å²) in [6.07, 6.45) is 0.888. The molecule has 0 atom stereocenters. The van der Waals surface area contributed by atoms with Gasteiger partial charge >= 0.3 is 0 Å². The number of amides is 2. The number of rotatable bonds is 8. The van der Waals surface area contributed by atoms with Gasteiger partial charge in [-0.2, -0.15) is 4.31 Å². The molecule has 0 unspecified atom stereocenters. The first-order valence-corrected chi connectivity index (χ1v) is 12.5. The molecule has 0 saturated carbocycles. The maximum atomic E-state index is 13.1. The minimum absolute atomic E-state index is 0.0311. The maximum Gasteiger partial charge on any atom is 0.243 e. The third-order valence-corrected chi connectivity index (χ3v) is 7.77. The van der Waals surface area contributed by atoms with Crippen LogP contribution in [0.5, 0.6) is 11.5 Å². The molecule has 0 radical (unpaired) electrons. The summed E-state index contributed by atoms with van der Waals surface area (Å²) >= 11 is 0. The molecule has 4 rings (SSSR count). The van der Waals surface area contributed by atoms with Crippen molar-refractivity contribution in [3.63, 3.8) is 0 Å². The molecule has 2 aromatic carbocycles. The van der Waals surface area contributed by atoms with E-state index in [-0.39, 0.29) is 55.5 Å². The Balaban J connectivity index is 1.16. The van der Waals surface area contributed by atoms with Crippen LogP contribution in [-0.4, -0.2) is 51.0 Å². The highest BCUT2D eigenvalue weighted by molar-refractivity contribution is 7.89. The SMILES string of the molecule is O=C(CCNC(=O)C1CCN(S(=O)(=O)c2ccc(F)cc2)CC1)NCc1ccc2c(c1)OCO2. The number of hydrogen-bond acceptors (Lipinski definition) is 6. The molecule has 0 spiro atoms. The van der Waals surface area contributed by atoms with Crippen LogP contribution in [-0.2, 0) is 26.2 Å². The van der Waals surface area contributed by atoms with E-state index in [0.717, 1.165) is 17.7 Å².